The van der Waals surface area contributed by atoms with Crippen molar-refractivity contribution in [3.05, 3.63) is 53.6 Å². The van der Waals surface area contributed by atoms with Gasteiger partial charge < -0.3 is 14.8 Å². The number of aromatic nitrogens is 4. The number of hydrogen-bond donors (Lipinski definition) is 1. The number of carbonyl (C=O) groups excluding carboxylic acids is 1. The van der Waals surface area contributed by atoms with Crippen molar-refractivity contribution in [2.24, 2.45) is 0 Å². The van der Waals surface area contributed by atoms with Crippen LogP contribution in [0.3, 0.4) is 0 Å². The van der Waals surface area contributed by atoms with Gasteiger partial charge in [0.15, 0.2) is 11.5 Å². The van der Waals surface area contributed by atoms with Gasteiger partial charge in [0.1, 0.15) is 17.9 Å². The Morgan fingerprint density at radius 1 is 1.06 bits per heavy atom. The second-order valence-corrected chi connectivity index (χ2v) is 6.87. The molecule has 33 heavy (non-hydrogen) atoms. The van der Waals surface area contributed by atoms with E-state index in [1.807, 2.05) is 26.0 Å². The highest BCUT2D eigenvalue weighted by Gasteiger charge is 2.22. The van der Waals surface area contributed by atoms with Crippen molar-refractivity contribution >= 4 is 11.6 Å². The monoisotopic (exact) mass is 469 g/mol. The number of benzene rings is 1. The molecular weight excluding hydrogens is 446 g/mol. The molecule has 1 amide bonds. The first kappa shape index (κ1) is 24.1. The highest BCUT2D eigenvalue weighted by atomic mass is 19.3. The first-order valence-corrected chi connectivity index (χ1v) is 10.2. The lowest BCUT2D eigenvalue weighted by molar-refractivity contribution is -0.117. The van der Waals surface area contributed by atoms with Gasteiger partial charge in [0, 0.05) is 6.20 Å². The molecule has 2 aromatic heterocycles. The zero-order valence-electron chi connectivity index (χ0n) is 18.0. The lowest BCUT2D eigenvalue weighted by Crippen LogP contribution is -2.21. The summed E-state index contributed by atoms with van der Waals surface area (Å²) in [6, 6.07) is 6.08. The number of ether oxygens (including phenoxy) is 2. The van der Waals surface area contributed by atoms with Gasteiger partial charge in [-0.3, -0.25) is 14.2 Å². The zero-order valence-corrected chi connectivity index (χ0v) is 18.0. The van der Waals surface area contributed by atoms with Crippen LogP contribution < -0.4 is 14.8 Å². The summed E-state index contributed by atoms with van der Waals surface area (Å²) >= 11 is 0. The fraction of sp³-hybridized carbons (Fsp3) is 0.381. The van der Waals surface area contributed by atoms with Crippen LogP contribution in [0.15, 0.2) is 36.7 Å². The predicted molar refractivity (Wildman–Crippen MR) is 111 cm³/mol. The van der Waals surface area contributed by atoms with Gasteiger partial charge >= 0.3 is 0 Å². The minimum Gasteiger partial charge on any atom is -0.490 e. The molecule has 1 N–H and O–H groups in total. The van der Waals surface area contributed by atoms with Gasteiger partial charge in [0.05, 0.1) is 31.6 Å². The van der Waals surface area contributed by atoms with Gasteiger partial charge in [-0.15, -0.1) is 0 Å². The number of nitrogens with one attached hydrogen (secondary N) is 1. The fourth-order valence-electron chi connectivity index (χ4n) is 3.09. The molecule has 178 valence electrons. The van der Waals surface area contributed by atoms with Crippen LogP contribution in [-0.2, 0) is 17.9 Å². The van der Waals surface area contributed by atoms with Crippen LogP contribution in [0.5, 0.6) is 11.5 Å². The maximum absolute atomic E-state index is 13.1. The summed E-state index contributed by atoms with van der Waals surface area (Å²) < 4.78 is 65.0. The van der Waals surface area contributed by atoms with Crippen molar-refractivity contribution < 1.29 is 31.8 Å². The maximum Gasteiger partial charge on any atom is 0.282 e. The molecule has 0 saturated carbocycles. The fourth-order valence-corrected chi connectivity index (χ4v) is 3.09. The van der Waals surface area contributed by atoms with E-state index in [4.69, 9.17) is 9.47 Å². The Kier molecular flexibility index (Phi) is 7.91. The zero-order chi connectivity index (χ0) is 24.0. The van der Waals surface area contributed by atoms with Crippen molar-refractivity contribution in [1.82, 2.24) is 19.6 Å². The molecule has 0 saturated heterocycles. The number of carbonyl (C=O) groups is 1. The van der Waals surface area contributed by atoms with Crippen molar-refractivity contribution in [1.29, 1.82) is 0 Å². The average molecular weight is 469 g/mol. The van der Waals surface area contributed by atoms with Gasteiger partial charge in [-0.1, -0.05) is 6.07 Å². The Labute approximate surface area is 187 Å². The second-order valence-electron chi connectivity index (χ2n) is 6.87. The third-order valence-electron chi connectivity index (χ3n) is 4.44. The van der Waals surface area contributed by atoms with Crippen LogP contribution in [0.1, 0.15) is 43.6 Å². The first-order valence-electron chi connectivity index (χ1n) is 10.2. The van der Waals surface area contributed by atoms with E-state index in [2.05, 4.69) is 15.5 Å². The van der Waals surface area contributed by atoms with Gasteiger partial charge in [-0.25, -0.2) is 17.6 Å². The largest absolute Gasteiger partial charge is 0.490 e. The van der Waals surface area contributed by atoms with E-state index in [0.29, 0.717) is 47.7 Å². The maximum atomic E-state index is 13.1. The van der Waals surface area contributed by atoms with Crippen LogP contribution in [0.25, 0.3) is 0 Å². The van der Waals surface area contributed by atoms with Gasteiger partial charge in [-0.2, -0.15) is 10.2 Å². The van der Waals surface area contributed by atoms with Crippen molar-refractivity contribution in [2.45, 2.75) is 39.8 Å². The molecule has 0 atom stereocenters. The molecule has 0 unspecified atom stereocenters. The van der Waals surface area contributed by atoms with E-state index < -0.39 is 36.7 Å². The molecule has 12 heteroatoms. The topological polar surface area (TPSA) is 83.2 Å². The molecule has 0 fully saturated rings. The number of alkyl halides is 4. The molecule has 0 bridgehead atoms. The van der Waals surface area contributed by atoms with Crippen molar-refractivity contribution in [2.75, 3.05) is 18.5 Å². The Balaban J connectivity index is 1.65. The first-order chi connectivity index (χ1) is 15.8. The summed E-state index contributed by atoms with van der Waals surface area (Å²) in [6.45, 7) is 4.45. The average Bonchev–Trinajstić information content (AvgIpc) is 3.37. The van der Waals surface area contributed by atoms with Crippen LogP contribution >= 0.6 is 0 Å². The number of nitrogens with zero attached hydrogens (tertiary/aromatic N) is 4. The van der Waals surface area contributed by atoms with E-state index in [-0.39, 0.29) is 0 Å². The van der Waals surface area contributed by atoms with E-state index in [1.54, 1.807) is 16.9 Å². The number of halogens is 4. The summed E-state index contributed by atoms with van der Waals surface area (Å²) in [5.74, 6) is 0.531. The molecule has 3 rings (SSSR count). The predicted octanol–water partition coefficient (Wildman–Crippen LogP) is 4.44. The van der Waals surface area contributed by atoms with Crippen molar-refractivity contribution in [3.8, 4) is 11.5 Å². The molecule has 0 aliphatic heterocycles. The van der Waals surface area contributed by atoms with Crippen LogP contribution in [0.4, 0.5) is 23.2 Å². The van der Waals surface area contributed by atoms with Crippen LogP contribution in [-0.4, -0.2) is 38.7 Å². The van der Waals surface area contributed by atoms with Gasteiger partial charge in [0.25, 0.3) is 12.9 Å². The summed E-state index contributed by atoms with van der Waals surface area (Å²) in [4.78, 5) is 12.2. The summed E-state index contributed by atoms with van der Waals surface area (Å²) in [5.41, 5.74) is -0.374. The van der Waals surface area contributed by atoms with Crippen LogP contribution in [0, 0.1) is 0 Å². The van der Waals surface area contributed by atoms with E-state index >= 15 is 0 Å². The van der Waals surface area contributed by atoms with E-state index in [0.717, 1.165) is 5.56 Å². The smallest absolute Gasteiger partial charge is 0.282 e. The molecule has 8 nitrogen and oxygen atoms in total. The standard InChI is InChI=1S/C21H23F4N5O3/c1-3-32-17-6-5-13(7-18(17)33-4-2)10-29-11-14(9-26-29)27-19(31)12-30-16(21(24)25)8-15(28-30)20(22)23/h5-9,11,20-21H,3-4,10,12H2,1-2H3,(H,27,31). The highest BCUT2D eigenvalue weighted by Crippen LogP contribution is 2.29. The Morgan fingerprint density at radius 2 is 1.79 bits per heavy atom. The second kappa shape index (κ2) is 10.8. The number of rotatable bonds is 11. The molecule has 2 heterocycles. The third kappa shape index (κ3) is 6.24. The minimum atomic E-state index is -3.05. The minimum absolute atomic E-state index is 0.316. The molecule has 0 aliphatic rings. The van der Waals surface area contributed by atoms with Gasteiger partial charge in [0.2, 0.25) is 5.91 Å². The highest BCUT2D eigenvalue weighted by molar-refractivity contribution is 5.90. The van der Waals surface area contributed by atoms with E-state index in [9.17, 15) is 22.4 Å². The third-order valence-corrected chi connectivity index (χ3v) is 4.44. The normalized spacial score (nSPS) is 11.3. The molecule has 0 radical (unpaired) electrons. The summed E-state index contributed by atoms with van der Waals surface area (Å²) in [6.07, 6.45) is -3.12. The quantitative estimate of drug-likeness (QED) is 0.420. The number of anilines is 1. The van der Waals surface area contributed by atoms with Crippen LogP contribution in [0.2, 0.25) is 0 Å². The Bertz CT molecular complexity index is 1080. The summed E-state index contributed by atoms with van der Waals surface area (Å²) in [7, 11) is 0. The Hall–Kier alpha value is -3.57. The molecule has 1 aromatic carbocycles. The SMILES string of the molecule is CCOc1ccc(Cn2cc(NC(=O)Cn3nc(C(F)F)cc3C(F)F)cn2)cc1OCC. The molecule has 0 spiro atoms. The summed E-state index contributed by atoms with van der Waals surface area (Å²) in [5, 5.41) is 10.1. The lowest BCUT2D eigenvalue weighted by atomic mass is 10.2. The molecule has 3 aromatic rings. The molecule has 0 aliphatic carbocycles. The lowest BCUT2D eigenvalue weighted by Gasteiger charge is -2.12. The molecular formula is C21H23F4N5O3. The van der Waals surface area contributed by atoms with E-state index in [1.165, 1.54) is 6.20 Å². The number of hydrogen-bond acceptors (Lipinski definition) is 5. The Morgan fingerprint density at radius 3 is 2.45 bits per heavy atom. The van der Waals surface area contributed by atoms with Gasteiger partial charge in [-0.05, 0) is 37.6 Å². The number of amides is 1. The van der Waals surface area contributed by atoms with Crippen molar-refractivity contribution in [3.63, 3.8) is 0 Å².